The molecule has 2 aliphatic heterocycles. The van der Waals surface area contributed by atoms with Crippen LogP contribution in [0.5, 0.6) is 0 Å². The fraction of sp³-hybridized carbons (Fsp3) is 0.448. The number of hydrogen-bond donors (Lipinski definition) is 2. The van der Waals surface area contributed by atoms with E-state index in [9.17, 15) is 4.79 Å². The summed E-state index contributed by atoms with van der Waals surface area (Å²) in [7, 11) is 2.19. The van der Waals surface area contributed by atoms with E-state index in [1.807, 2.05) is 24.9 Å². The van der Waals surface area contributed by atoms with Gasteiger partial charge in [0, 0.05) is 80.3 Å². The highest BCUT2D eigenvalue weighted by atomic mass is 16.2. The Labute approximate surface area is 214 Å². The molecule has 2 amide bonds. The van der Waals surface area contributed by atoms with E-state index in [4.69, 9.17) is 4.98 Å². The van der Waals surface area contributed by atoms with Crippen molar-refractivity contribution in [3.63, 3.8) is 0 Å². The Morgan fingerprint density at radius 2 is 1.86 bits per heavy atom. The summed E-state index contributed by atoms with van der Waals surface area (Å²) in [6.07, 6.45) is 7.05. The van der Waals surface area contributed by atoms with Gasteiger partial charge in [-0.3, -0.25) is 4.90 Å². The predicted molar refractivity (Wildman–Crippen MR) is 147 cm³/mol. The molecule has 1 saturated heterocycles. The van der Waals surface area contributed by atoms with Crippen LogP contribution in [0.25, 0.3) is 27.7 Å². The van der Waals surface area contributed by atoms with Crippen molar-refractivity contribution < 1.29 is 4.79 Å². The highest BCUT2D eigenvalue weighted by molar-refractivity contribution is 5.93. The van der Waals surface area contributed by atoms with Crippen LogP contribution >= 0.6 is 0 Å². The smallest absolute Gasteiger partial charge is 0.318 e. The molecule has 36 heavy (non-hydrogen) atoms. The molecule has 2 aliphatic rings. The van der Waals surface area contributed by atoms with E-state index in [2.05, 4.69) is 76.7 Å². The third kappa shape index (κ3) is 5.32. The number of fused-ring (bicyclic) bond motifs is 1. The highest BCUT2D eigenvalue weighted by Gasteiger charge is 2.25. The topological polar surface area (TPSA) is 67.5 Å². The van der Waals surface area contributed by atoms with E-state index in [-0.39, 0.29) is 18.1 Å². The number of likely N-dealkylation sites (N-methyl/N-ethyl adjacent to an activating group) is 1. The van der Waals surface area contributed by atoms with E-state index >= 15 is 0 Å². The van der Waals surface area contributed by atoms with Crippen LogP contribution in [-0.4, -0.2) is 82.6 Å². The molecule has 0 saturated carbocycles. The van der Waals surface area contributed by atoms with E-state index in [0.717, 1.165) is 55.7 Å². The summed E-state index contributed by atoms with van der Waals surface area (Å²) in [6.45, 7) is 12.3. The molecule has 0 spiro atoms. The summed E-state index contributed by atoms with van der Waals surface area (Å²) in [5.41, 5.74) is 7.00. The Hall–Kier alpha value is -3.16. The van der Waals surface area contributed by atoms with Crippen molar-refractivity contribution in [2.45, 2.75) is 45.8 Å². The van der Waals surface area contributed by atoms with Crippen LogP contribution in [0, 0.1) is 0 Å². The first kappa shape index (κ1) is 24.5. The molecule has 2 N–H and O–H groups in total. The van der Waals surface area contributed by atoms with Crippen molar-refractivity contribution in [1.29, 1.82) is 0 Å². The summed E-state index contributed by atoms with van der Waals surface area (Å²) >= 11 is 0. The number of nitrogens with one attached hydrogen (secondary N) is 2. The molecule has 0 bridgehead atoms. The number of aromatic amines is 1. The number of amides is 2. The average molecular weight is 487 g/mol. The van der Waals surface area contributed by atoms with Crippen molar-refractivity contribution >= 4 is 22.6 Å². The van der Waals surface area contributed by atoms with Crippen LogP contribution in [0.15, 0.2) is 48.8 Å². The summed E-state index contributed by atoms with van der Waals surface area (Å²) < 4.78 is 0. The molecule has 0 aliphatic carbocycles. The Bertz CT molecular complexity index is 1240. The third-order valence-corrected chi connectivity index (χ3v) is 7.40. The number of pyridine rings is 1. The van der Waals surface area contributed by atoms with Gasteiger partial charge in [-0.2, -0.15) is 0 Å². The molecule has 5 rings (SSSR count). The predicted octanol–water partition coefficient (Wildman–Crippen LogP) is 4.57. The Morgan fingerprint density at radius 3 is 2.56 bits per heavy atom. The minimum atomic E-state index is 0.00625. The molecule has 2 aromatic heterocycles. The quantitative estimate of drug-likeness (QED) is 0.554. The second-order valence-corrected chi connectivity index (χ2v) is 10.6. The first-order valence-electron chi connectivity index (χ1n) is 13.1. The SMILES string of the molecule is CC(C)NC(=O)N1CCC(c2c[nH]c3ncc(-c4ccc(CN5CCN(C)CC5)cc4)cc23)=CC1C. The molecule has 1 atom stereocenters. The maximum Gasteiger partial charge on any atom is 0.318 e. The van der Waals surface area contributed by atoms with Gasteiger partial charge >= 0.3 is 6.03 Å². The van der Waals surface area contributed by atoms with Crippen molar-refractivity contribution in [2.75, 3.05) is 39.8 Å². The minimum Gasteiger partial charge on any atom is -0.346 e. The Morgan fingerprint density at radius 1 is 1.11 bits per heavy atom. The van der Waals surface area contributed by atoms with Crippen LogP contribution in [0.1, 0.15) is 38.3 Å². The van der Waals surface area contributed by atoms with Crippen LogP contribution in [0.2, 0.25) is 0 Å². The number of nitrogens with zero attached hydrogens (tertiary/aromatic N) is 4. The molecule has 1 unspecified atom stereocenters. The number of carbonyl (C=O) groups is 1. The number of benzene rings is 1. The van der Waals surface area contributed by atoms with E-state index in [1.54, 1.807) is 0 Å². The molecular formula is C29H38N6O. The largest absolute Gasteiger partial charge is 0.346 e. The number of urea groups is 1. The summed E-state index contributed by atoms with van der Waals surface area (Å²) in [5.74, 6) is 0. The zero-order chi connectivity index (χ0) is 25.2. The number of H-pyrrole nitrogens is 1. The normalized spacial score (nSPS) is 19.6. The lowest BCUT2D eigenvalue weighted by atomic mass is 9.95. The monoisotopic (exact) mass is 486 g/mol. The number of carbonyl (C=O) groups excluding carboxylic acids is 1. The van der Waals surface area contributed by atoms with Crippen LogP contribution in [-0.2, 0) is 6.54 Å². The molecule has 3 aromatic rings. The fourth-order valence-electron chi connectivity index (χ4n) is 5.24. The van der Waals surface area contributed by atoms with Crippen molar-refractivity contribution in [3.05, 3.63) is 59.9 Å². The van der Waals surface area contributed by atoms with Gasteiger partial charge < -0.3 is 20.1 Å². The van der Waals surface area contributed by atoms with E-state index < -0.39 is 0 Å². The maximum atomic E-state index is 12.5. The van der Waals surface area contributed by atoms with Crippen LogP contribution < -0.4 is 5.32 Å². The second kappa shape index (κ2) is 10.4. The third-order valence-electron chi connectivity index (χ3n) is 7.40. The van der Waals surface area contributed by atoms with Crippen molar-refractivity contribution in [1.82, 2.24) is 30.0 Å². The van der Waals surface area contributed by atoms with E-state index in [0.29, 0.717) is 6.54 Å². The lowest BCUT2D eigenvalue weighted by molar-refractivity contribution is 0.148. The molecule has 0 radical (unpaired) electrons. The van der Waals surface area contributed by atoms with Crippen molar-refractivity contribution in [3.8, 4) is 11.1 Å². The van der Waals surface area contributed by atoms with Crippen molar-refractivity contribution in [2.24, 2.45) is 0 Å². The zero-order valence-electron chi connectivity index (χ0n) is 21.9. The maximum absolute atomic E-state index is 12.5. The van der Waals surface area contributed by atoms with Gasteiger partial charge in [0.15, 0.2) is 0 Å². The molecule has 4 heterocycles. The van der Waals surface area contributed by atoms with E-state index in [1.165, 1.54) is 22.3 Å². The van der Waals surface area contributed by atoms with Gasteiger partial charge in [0.1, 0.15) is 5.65 Å². The molecule has 190 valence electrons. The summed E-state index contributed by atoms with van der Waals surface area (Å²) in [6, 6.07) is 11.4. The fourth-order valence-corrected chi connectivity index (χ4v) is 5.24. The first-order chi connectivity index (χ1) is 17.4. The molecular weight excluding hydrogens is 448 g/mol. The number of aromatic nitrogens is 2. The first-order valence-corrected chi connectivity index (χ1v) is 13.1. The molecule has 1 fully saturated rings. The minimum absolute atomic E-state index is 0.00625. The Kier molecular flexibility index (Phi) is 7.12. The molecule has 7 nitrogen and oxygen atoms in total. The van der Waals surface area contributed by atoms with Gasteiger partial charge in [-0.05, 0) is 57.0 Å². The summed E-state index contributed by atoms with van der Waals surface area (Å²) in [5, 5.41) is 4.15. The Balaban J connectivity index is 1.33. The highest BCUT2D eigenvalue weighted by Crippen LogP contribution is 2.32. The van der Waals surface area contributed by atoms with Gasteiger partial charge in [-0.15, -0.1) is 0 Å². The van der Waals surface area contributed by atoms with Crippen LogP contribution in [0.4, 0.5) is 4.79 Å². The lowest BCUT2D eigenvalue weighted by Gasteiger charge is -2.33. The van der Waals surface area contributed by atoms with Gasteiger partial charge in [0.05, 0.1) is 0 Å². The molecule has 7 heteroatoms. The second-order valence-electron chi connectivity index (χ2n) is 10.6. The lowest BCUT2D eigenvalue weighted by Crippen LogP contribution is -2.48. The number of rotatable bonds is 5. The van der Waals surface area contributed by atoms with Crippen LogP contribution in [0.3, 0.4) is 0 Å². The summed E-state index contributed by atoms with van der Waals surface area (Å²) in [4.78, 5) is 27.4. The number of hydrogen-bond acceptors (Lipinski definition) is 4. The average Bonchev–Trinajstić information content (AvgIpc) is 3.29. The van der Waals surface area contributed by atoms with Gasteiger partial charge in [0.25, 0.3) is 0 Å². The van der Waals surface area contributed by atoms with Gasteiger partial charge in [0.2, 0.25) is 0 Å². The number of piperazine rings is 1. The van der Waals surface area contributed by atoms with Gasteiger partial charge in [-0.1, -0.05) is 30.3 Å². The molecule has 1 aromatic carbocycles. The van der Waals surface area contributed by atoms with Gasteiger partial charge in [-0.25, -0.2) is 9.78 Å². The standard InChI is InChI=1S/C29H38N6O/c1-20(2)32-29(36)35-10-9-24(15-21(35)3)27-18-31-28-26(27)16-25(17-30-28)23-7-5-22(6-8-23)19-34-13-11-33(4)12-14-34/h5-8,15-18,20-21H,9-14,19H2,1-4H3,(H,30,31)(H,32,36). The zero-order valence-corrected chi connectivity index (χ0v) is 21.9.